The van der Waals surface area contributed by atoms with Crippen LogP contribution in [0.4, 0.5) is 5.69 Å². The van der Waals surface area contributed by atoms with Gasteiger partial charge in [0.2, 0.25) is 0 Å². The van der Waals surface area contributed by atoms with Crippen LogP contribution in [0.25, 0.3) is 0 Å². The molecule has 1 rings (SSSR count). The van der Waals surface area contributed by atoms with Crippen molar-refractivity contribution in [3.8, 4) is 0 Å². The summed E-state index contributed by atoms with van der Waals surface area (Å²) in [6, 6.07) is 1.67. The summed E-state index contributed by atoms with van der Waals surface area (Å²) in [6.45, 7) is 2.27. The summed E-state index contributed by atoms with van der Waals surface area (Å²) in [6.07, 6.45) is 4.40. The van der Waals surface area contributed by atoms with Crippen LogP contribution in [0.5, 0.6) is 0 Å². The number of nitrogens with zero attached hydrogens (tertiary/aromatic N) is 1. The highest BCUT2D eigenvalue weighted by Gasteiger charge is 2.08. The van der Waals surface area contributed by atoms with Gasteiger partial charge in [0.05, 0.1) is 11.3 Å². The van der Waals surface area contributed by atoms with E-state index in [-0.39, 0.29) is 5.78 Å². The lowest BCUT2D eigenvalue weighted by Gasteiger charge is -2.00. The number of aromatic nitrogens is 1. The summed E-state index contributed by atoms with van der Waals surface area (Å²) in [5, 5.41) is 0. The van der Waals surface area contributed by atoms with Crippen molar-refractivity contribution in [2.24, 2.45) is 0 Å². The Bertz CT molecular complexity index is 355. The molecule has 3 N–H and O–H groups in total. The molecule has 4 nitrogen and oxygen atoms in total. The quantitative estimate of drug-likeness (QED) is 0.345. The summed E-state index contributed by atoms with van der Waals surface area (Å²) in [5.74, 6) is 0.685. The van der Waals surface area contributed by atoms with E-state index in [0.717, 1.165) is 25.0 Å². The van der Waals surface area contributed by atoms with E-state index >= 15 is 0 Å². The molecule has 0 spiro atoms. The normalized spacial score (nSPS) is 10.3. The van der Waals surface area contributed by atoms with E-state index in [9.17, 15) is 4.79 Å². The minimum absolute atomic E-state index is 0.00702. The first-order valence-electron chi connectivity index (χ1n) is 4.70. The number of hydrogen-bond acceptors (Lipinski definition) is 4. The predicted octanol–water partition coefficient (Wildman–Crippen LogP) is 1.36. The van der Waals surface area contributed by atoms with E-state index in [0.29, 0.717) is 17.0 Å². The Kier molecular flexibility index (Phi) is 4.58. The van der Waals surface area contributed by atoms with Gasteiger partial charge in [0.25, 0.3) is 0 Å². The lowest BCUT2D eigenvalue weighted by atomic mass is 10.2. The lowest BCUT2D eigenvalue weighted by molar-refractivity contribution is -0.696. The van der Waals surface area contributed by atoms with E-state index in [1.54, 1.807) is 18.5 Å². The van der Waals surface area contributed by atoms with Gasteiger partial charge in [-0.05, 0) is 25.0 Å². The monoisotopic (exact) mass is 227 g/mol. The number of carbonyl (C=O) groups is 1. The van der Waals surface area contributed by atoms with Crippen molar-refractivity contribution in [2.75, 3.05) is 11.5 Å². The number of anilines is 1. The third-order valence-corrected chi connectivity index (χ3v) is 2.47. The average Bonchev–Trinajstić information content (AvgIpc) is 2.17. The molecule has 0 bridgehead atoms. The van der Waals surface area contributed by atoms with Gasteiger partial charge in [0, 0.05) is 12.2 Å². The van der Waals surface area contributed by atoms with Gasteiger partial charge in [-0.2, -0.15) is 0 Å². The Morgan fingerprint density at radius 1 is 1.60 bits per heavy atom. The molecule has 0 aliphatic heterocycles. The SMILES string of the molecule is CC(=O)c1cc(N)c[n+](CCCSO)c1. The largest absolute Gasteiger partial charge is 0.394 e. The molecule has 0 fully saturated rings. The van der Waals surface area contributed by atoms with Gasteiger partial charge < -0.3 is 10.3 Å². The fourth-order valence-electron chi connectivity index (χ4n) is 1.29. The van der Waals surface area contributed by atoms with Crippen molar-refractivity contribution in [1.29, 1.82) is 0 Å². The Morgan fingerprint density at radius 3 is 2.93 bits per heavy atom. The molecule has 0 aliphatic carbocycles. The first-order valence-corrected chi connectivity index (χ1v) is 5.64. The number of Topliss-reactive ketones (excluding diaryl/α,β-unsaturated/α-hetero) is 1. The molecular weight excluding hydrogens is 212 g/mol. The van der Waals surface area contributed by atoms with Crippen molar-refractivity contribution >= 4 is 23.5 Å². The van der Waals surface area contributed by atoms with E-state index in [1.165, 1.54) is 6.92 Å². The van der Waals surface area contributed by atoms with Crippen molar-refractivity contribution in [1.82, 2.24) is 0 Å². The van der Waals surface area contributed by atoms with Gasteiger partial charge in [-0.3, -0.25) is 4.79 Å². The highest BCUT2D eigenvalue weighted by atomic mass is 32.2. The number of ketones is 1. The van der Waals surface area contributed by atoms with Crippen LogP contribution in [0.1, 0.15) is 23.7 Å². The zero-order valence-electron chi connectivity index (χ0n) is 8.64. The van der Waals surface area contributed by atoms with Crippen LogP contribution >= 0.6 is 12.0 Å². The van der Waals surface area contributed by atoms with E-state index in [2.05, 4.69) is 0 Å². The van der Waals surface area contributed by atoms with Crippen molar-refractivity contribution in [2.45, 2.75) is 19.9 Å². The summed E-state index contributed by atoms with van der Waals surface area (Å²) >= 11 is 0.824. The van der Waals surface area contributed by atoms with Crippen LogP contribution in [0.15, 0.2) is 18.5 Å². The number of pyridine rings is 1. The summed E-state index contributed by atoms with van der Waals surface area (Å²) in [7, 11) is 0. The van der Waals surface area contributed by atoms with E-state index < -0.39 is 0 Å². The molecule has 0 unspecified atom stereocenters. The van der Waals surface area contributed by atoms with E-state index in [1.807, 2.05) is 4.57 Å². The second-order valence-corrected chi connectivity index (χ2v) is 4.01. The molecule has 0 radical (unpaired) electrons. The Morgan fingerprint density at radius 2 is 2.33 bits per heavy atom. The third-order valence-electron chi connectivity index (χ3n) is 2.00. The number of carbonyl (C=O) groups excluding carboxylic acids is 1. The molecule has 0 saturated heterocycles. The molecule has 0 atom stereocenters. The highest BCUT2D eigenvalue weighted by Crippen LogP contribution is 2.04. The first kappa shape index (κ1) is 12.0. The highest BCUT2D eigenvalue weighted by molar-refractivity contribution is 7.93. The molecule has 0 saturated carbocycles. The molecule has 5 heteroatoms. The molecule has 82 valence electrons. The number of hydrogen-bond donors (Lipinski definition) is 2. The molecule has 1 aromatic rings. The van der Waals surface area contributed by atoms with Crippen LogP contribution < -0.4 is 10.3 Å². The number of nitrogen functional groups attached to an aromatic ring is 1. The lowest BCUT2D eigenvalue weighted by Crippen LogP contribution is -2.34. The standard InChI is InChI=1S/C10H14N2O2S/c1-8(13)9-5-10(11)7-12(6-9)3-2-4-15-14/h5-7H,2-4,11H2,1H3/p+1. The minimum atomic E-state index is 0.00702. The number of aryl methyl sites for hydroxylation is 1. The molecule has 15 heavy (non-hydrogen) atoms. The number of rotatable bonds is 5. The molecule has 0 aromatic carbocycles. The van der Waals surface area contributed by atoms with Crippen LogP contribution in [0, 0.1) is 0 Å². The molecule has 1 aromatic heterocycles. The molecule has 1 heterocycles. The maximum Gasteiger partial charge on any atom is 0.191 e. The van der Waals surface area contributed by atoms with Crippen molar-refractivity contribution in [3.05, 3.63) is 24.0 Å². The minimum Gasteiger partial charge on any atom is -0.394 e. The zero-order chi connectivity index (χ0) is 11.3. The summed E-state index contributed by atoms with van der Waals surface area (Å²) in [5.41, 5.74) is 6.87. The van der Waals surface area contributed by atoms with Crippen LogP contribution in [-0.2, 0) is 6.54 Å². The zero-order valence-corrected chi connectivity index (χ0v) is 9.46. The predicted molar refractivity (Wildman–Crippen MR) is 60.8 cm³/mol. The maximum absolute atomic E-state index is 11.2. The van der Waals surface area contributed by atoms with Crippen LogP contribution in [0.2, 0.25) is 0 Å². The Labute approximate surface area is 93.3 Å². The van der Waals surface area contributed by atoms with Gasteiger partial charge in [0.15, 0.2) is 18.2 Å². The van der Waals surface area contributed by atoms with Crippen LogP contribution in [0.3, 0.4) is 0 Å². The second kappa shape index (κ2) is 5.72. The fourth-order valence-corrected chi connectivity index (χ4v) is 1.55. The Balaban J connectivity index is 2.75. The summed E-state index contributed by atoms with van der Waals surface area (Å²) in [4.78, 5) is 11.2. The maximum atomic E-state index is 11.2. The van der Waals surface area contributed by atoms with Gasteiger partial charge in [-0.15, -0.1) is 0 Å². The van der Waals surface area contributed by atoms with E-state index in [4.69, 9.17) is 10.3 Å². The Hall–Kier alpha value is -1.07. The number of nitrogens with two attached hydrogens (primary N) is 1. The first-order chi connectivity index (χ1) is 7.13. The van der Waals surface area contributed by atoms with Crippen LogP contribution in [-0.4, -0.2) is 16.1 Å². The fraction of sp³-hybridized carbons (Fsp3) is 0.400. The van der Waals surface area contributed by atoms with Gasteiger partial charge >= 0.3 is 0 Å². The smallest absolute Gasteiger partial charge is 0.191 e. The van der Waals surface area contributed by atoms with Gasteiger partial charge in [-0.25, -0.2) is 4.57 Å². The summed E-state index contributed by atoms with van der Waals surface area (Å²) < 4.78 is 10.4. The van der Waals surface area contributed by atoms with Gasteiger partial charge in [-0.1, -0.05) is 0 Å². The van der Waals surface area contributed by atoms with Gasteiger partial charge in [0.1, 0.15) is 6.54 Å². The van der Waals surface area contributed by atoms with Crippen molar-refractivity contribution < 1.29 is 13.9 Å². The average molecular weight is 227 g/mol. The molecule has 0 aliphatic rings. The topological polar surface area (TPSA) is 67.2 Å². The van der Waals surface area contributed by atoms with Crippen molar-refractivity contribution in [3.63, 3.8) is 0 Å². The third kappa shape index (κ3) is 3.89. The molecular formula is C10H15N2O2S+. The second-order valence-electron chi connectivity index (χ2n) is 3.34. The molecule has 0 amide bonds.